The number of hydrogen-bond donors (Lipinski definition) is 0. The average Bonchev–Trinajstić information content (AvgIpc) is 3.10. The Labute approximate surface area is 156 Å². The number of amides is 2. The van der Waals surface area contributed by atoms with Crippen LogP contribution in [0, 0.1) is 5.82 Å². The maximum atomic E-state index is 13.6. The minimum absolute atomic E-state index is 0.0724. The molecule has 2 aromatic rings. The summed E-state index contributed by atoms with van der Waals surface area (Å²) in [6.07, 6.45) is 3.70. The predicted molar refractivity (Wildman–Crippen MR) is 96.7 cm³/mol. The molecule has 1 aromatic carbocycles. The molecule has 0 radical (unpaired) electrons. The van der Waals surface area contributed by atoms with E-state index in [0.29, 0.717) is 30.9 Å². The van der Waals surface area contributed by atoms with Crippen LogP contribution < -0.4 is 4.90 Å². The molecule has 1 atom stereocenters. The maximum Gasteiger partial charge on any atom is 0.255 e. The standard InChI is InChI=1S/C19H20FN5O2/c1-23-11-17(26)25(16-4-2-3-15(20)9-16)13-19(23)6-8-24(12-19)18(27)14-5-7-21-22-10-14/h2-5,7,9-10H,6,8,11-13H2,1H3/t19-/m1/s1. The zero-order valence-corrected chi connectivity index (χ0v) is 15.0. The van der Waals surface area contributed by atoms with Gasteiger partial charge in [-0.3, -0.25) is 14.5 Å². The van der Waals surface area contributed by atoms with Gasteiger partial charge in [-0.25, -0.2) is 4.39 Å². The number of rotatable bonds is 2. The highest BCUT2D eigenvalue weighted by molar-refractivity contribution is 5.96. The quantitative estimate of drug-likeness (QED) is 0.795. The van der Waals surface area contributed by atoms with Crippen molar-refractivity contribution in [1.82, 2.24) is 20.0 Å². The van der Waals surface area contributed by atoms with Crippen molar-refractivity contribution in [2.75, 3.05) is 38.1 Å². The number of benzene rings is 1. The lowest BCUT2D eigenvalue weighted by atomic mass is 9.92. The van der Waals surface area contributed by atoms with Gasteiger partial charge in [-0.05, 0) is 37.7 Å². The fraction of sp³-hybridized carbons (Fsp3) is 0.368. The van der Waals surface area contributed by atoms with E-state index in [4.69, 9.17) is 0 Å². The van der Waals surface area contributed by atoms with Crippen LogP contribution in [0.1, 0.15) is 16.8 Å². The molecule has 0 saturated carbocycles. The Morgan fingerprint density at radius 3 is 2.81 bits per heavy atom. The smallest absolute Gasteiger partial charge is 0.255 e. The number of hydrogen-bond acceptors (Lipinski definition) is 5. The number of likely N-dealkylation sites (tertiary alicyclic amines) is 1. The largest absolute Gasteiger partial charge is 0.337 e. The second-order valence-corrected chi connectivity index (χ2v) is 7.15. The molecular weight excluding hydrogens is 349 g/mol. The van der Waals surface area contributed by atoms with E-state index in [9.17, 15) is 14.0 Å². The minimum atomic E-state index is -0.373. The lowest BCUT2D eigenvalue weighted by molar-refractivity contribution is -0.123. The molecule has 2 aliphatic rings. The van der Waals surface area contributed by atoms with E-state index in [0.717, 1.165) is 6.42 Å². The second kappa shape index (κ2) is 6.70. The second-order valence-electron chi connectivity index (χ2n) is 7.15. The first-order chi connectivity index (χ1) is 13.0. The lowest BCUT2D eigenvalue weighted by Gasteiger charge is -2.46. The van der Waals surface area contributed by atoms with Gasteiger partial charge in [-0.2, -0.15) is 10.2 Å². The molecule has 0 unspecified atom stereocenters. The summed E-state index contributed by atoms with van der Waals surface area (Å²) in [7, 11) is 1.91. The summed E-state index contributed by atoms with van der Waals surface area (Å²) in [6.45, 7) is 1.75. The Morgan fingerprint density at radius 2 is 2.07 bits per heavy atom. The Bertz CT molecular complexity index is 877. The highest BCUT2D eigenvalue weighted by Crippen LogP contribution is 2.34. The van der Waals surface area contributed by atoms with E-state index in [1.807, 2.05) is 11.9 Å². The summed E-state index contributed by atoms with van der Waals surface area (Å²) in [5.41, 5.74) is 0.699. The van der Waals surface area contributed by atoms with E-state index in [1.54, 1.807) is 28.0 Å². The van der Waals surface area contributed by atoms with E-state index < -0.39 is 0 Å². The third-order valence-corrected chi connectivity index (χ3v) is 5.51. The van der Waals surface area contributed by atoms with Gasteiger partial charge in [0, 0.05) is 25.3 Å². The van der Waals surface area contributed by atoms with Gasteiger partial charge in [0.1, 0.15) is 5.82 Å². The van der Waals surface area contributed by atoms with Crippen molar-refractivity contribution in [3.63, 3.8) is 0 Å². The molecule has 1 aromatic heterocycles. The van der Waals surface area contributed by atoms with Crippen LogP contribution in [0.4, 0.5) is 10.1 Å². The molecule has 140 valence electrons. The van der Waals surface area contributed by atoms with Crippen LogP contribution in [-0.2, 0) is 4.79 Å². The third kappa shape index (κ3) is 3.16. The number of carbonyl (C=O) groups is 2. The summed E-state index contributed by atoms with van der Waals surface area (Å²) in [4.78, 5) is 30.7. The first-order valence-corrected chi connectivity index (χ1v) is 8.82. The Kier molecular flexibility index (Phi) is 4.35. The molecule has 0 bridgehead atoms. The SMILES string of the molecule is CN1CC(=O)N(c2cccc(F)c2)C[C@]12CCN(C(=O)c1ccnnc1)C2. The van der Waals surface area contributed by atoms with E-state index in [1.165, 1.54) is 24.5 Å². The van der Waals surface area contributed by atoms with Gasteiger partial charge < -0.3 is 9.80 Å². The number of piperazine rings is 1. The Balaban J connectivity index is 1.57. The van der Waals surface area contributed by atoms with E-state index in [-0.39, 0.29) is 29.7 Å². The molecule has 3 heterocycles. The van der Waals surface area contributed by atoms with Crippen molar-refractivity contribution in [2.45, 2.75) is 12.0 Å². The number of anilines is 1. The molecule has 2 aliphatic heterocycles. The van der Waals surface area contributed by atoms with Crippen LogP contribution in [0.3, 0.4) is 0 Å². The minimum Gasteiger partial charge on any atom is -0.337 e. The monoisotopic (exact) mass is 369 g/mol. The summed E-state index contributed by atoms with van der Waals surface area (Å²) in [6, 6.07) is 7.72. The predicted octanol–water partition coefficient (Wildman–Crippen LogP) is 1.18. The molecule has 27 heavy (non-hydrogen) atoms. The van der Waals surface area contributed by atoms with E-state index >= 15 is 0 Å². The summed E-state index contributed by atoms with van der Waals surface area (Å²) < 4.78 is 13.6. The van der Waals surface area contributed by atoms with Gasteiger partial charge in [-0.1, -0.05) is 6.07 Å². The van der Waals surface area contributed by atoms with Gasteiger partial charge in [-0.15, -0.1) is 0 Å². The van der Waals surface area contributed by atoms with Gasteiger partial charge >= 0.3 is 0 Å². The maximum absolute atomic E-state index is 13.6. The fourth-order valence-corrected chi connectivity index (χ4v) is 3.91. The normalized spacial score (nSPS) is 23.3. The highest BCUT2D eigenvalue weighted by Gasteiger charge is 2.48. The van der Waals surface area contributed by atoms with Gasteiger partial charge in [0.2, 0.25) is 5.91 Å². The highest BCUT2D eigenvalue weighted by atomic mass is 19.1. The zero-order valence-electron chi connectivity index (χ0n) is 15.0. The lowest BCUT2D eigenvalue weighted by Crippen LogP contribution is -2.64. The summed E-state index contributed by atoms with van der Waals surface area (Å²) in [5.74, 6) is -0.539. The van der Waals surface area contributed by atoms with Gasteiger partial charge in [0.05, 0.1) is 30.0 Å². The van der Waals surface area contributed by atoms with Crippen molar-refractivity contribution in [2.24, 2.45) is 0 Å². The molecule has 8 heteroatoms. The molecule has 1 spiro atoms. The molecule has 0 aliphatic carbocycles. The van der Waals surface area contributed by atoms with Crippen molar-refractivity contribution < 1.29 is 14.0 Å². The van der Waals surface area contributed by atoms with Crippen LogP contribution >= 0.6 is 0 Å². The molecule has 2 fully saturated rings. The fourth-order valence-electron chi connectivity index (χ4n) is 3.91. The van der Waals surface area contributed by atoms with Crippen LogP contribution in [0.25, 0.3) is 0 Å². The number of halogens is 1. The van der Waals surface area contributed by atoms with Gasteiger partial charge in [0.25, 0.3) is 5.91 Å². The van der Waals surface area contributed by atoms with Crippen LogP contribution in [0.15, 0.2) is 42.7 Å². The van der Waals surface area contributed by atoms with Gasteiger partial charge in [0.15, 0.2) is 0 Å². The number of nitrogens with zero attached hydrogens (tertiary/aromatic N) is 5. The summed E-state index contributed by atoms with van der Waals surface area (Å²) in [5, 5.41) is 7.47. The first kappa shape index (κ1) is 17.5. The summed E-state index contributed by atoms with van der Waals surface area (Å²) >= 11 is 0. The van der Waals surface area contributed by atoms with Crippen molar-refractivity contribution >= 4 is 17.5 Å². The molecule has 7 nitrogen and oxygen atoms in total. The molecule has 2 saturated heterocycles. The van der Waals surface area contributed by atoms with Crippen LogP contribution in [-0.4, -0.2) is 70.6 Å². The number of carbonyl (C=O) groups excluding carboxylic acids is 2. The average molecular weight is 369 g/mol. The first-order valence-electron chi connectivity index (χ1n) is 8.82. The van der Waals surface area contributed by atoms with Crippen molar-refractivity contribution in [1.29, 1.82) is 0 Å². The molecular formula is C19H20FN5O2. The molecule has 4 rings (SSSR count). The van der Waals surface area contributed by atoms with E-state index in [2.05, 4.69) is 10.2 Å². The topological polar surface area (TPSA) is 69.6 Å². The third-order valence-electron chi connectivity index (χ3n) is 5.51. The van der Waals surface area contributed by atoms with Crippen LogP contribution in [0.5, 0.6) is 0 Å². The number of aromatic nitrogens is 2. The van der Waals surface area contributed by atoms with Crippen molar-refractivity contribution in [3.05, 3.63) is 54.1 Å². The Morgan fingerprint density at radius 1 is 1.22 bits per heavy atom. The van der Waals surface area contributed by atoms with Crippen LogP contribution in [0.2, 0.25) is 0 Å². The zero-order chi connectivity index (χ0) is 19.0. The number of likely N-dealkylation sites (N-methyl/N-ethyl adjacent to an activating group) is 1. The Hall–Kier alpha value is -2.87. The molecule has 2 amide bonds. The van der Waals surface area contributed by atoms with Crippen molar-refractivity contribution in [3.8, 4) is 0 Å². The molecule has 0 N–H and O–H groups in total.